The van der Waals surface area contributed by atoms with E-state index in [4.69, 9.17) is 16.3 Å². The van der Waals surface area contributed by atoms with E-state index >= 15 is 0 Å². The molecule has 1 atom stereocenters. The van der Waals surface area contributed by atoms with Gasteiger partial charge in [-0.25, -0.2) is 0 Å². The number of morpholine rings is 1. The van der Waals surface area contributed by atoms with Crippen molar-refractivity contribution in [2.75, 3.05) is 13.2 Å². The molecule has 0 spiro atoms. The lowest BCUT2D eigenvalue weighted by atomic mass is 9.97. The highest BCUT2D eigenvalue weighted by Crippen LogP contribution is 2.31. The van der Waals surface area contributed by atoms with Gasteiger partial charge in [-0.15, -0.1) is 0 Å². The van der Waals surface area contributed by atoms with Gasteiger partial charge in [0.25, 0.3) is 0 Å². The standard InChI is InChI=1S/C17H24ClNO2/c1-4-5-9-16(20)19-11-15(21-12-17(19,2)3)13-7-6-8-14(18)10-13/h6-8,10,15H,4-5,9,11-12H2,1-3H3. The van der Waals surface area contributed by atoms with Crippen molar-refractivity contribution in [1.29, 1.82) is 0 Å². The summed E-state index contributed by atoms with van der Waals surface area (Å²) < 4.78 is 5.97. The first-order valence-corrected chi connectivity index (χ1v) is 7.99. The molecule has 0 bridgehead atoms. The number of hydrogen-bond donors (Lipinski definition) is 0. The molecule has 3 nitrogen and oxygen atoms in total. The zero-order valence-electron chi connectivity index (χ0n) is 13.1. The fourth-order valence-corrected chi connectivity index (χ4v) is 2.86. The van der Waals surface area contributed by atoms with E-state index in [9.17, 15) is 4.79 Å². The second-order valence-electron chi connectivity index (χ2n) is 6.27. The molecule has 1 amide bonds. The van der Waals surface area contributed by atoms with Crippen LogP contribution < -0.4 is 0 Å². The van der Waals surface area contributed by atoms with Gasteiger partial charge in [0.1, 0.15) is 6.10 Å². The Morgan fingerprint density at radius 1 is 1.48 bits per heavy atom. The molecule has 1 aliphatic heterocycles. The first-order chi connectivity index (χ1) is 9.94. The predicted octanol–water partition coefficient (Wildman–Crippen LogP) is 4.21. The molecular formula is C17H24ClNO2. The number of nitrogens with zero attached hydrogens (tertiary/aromatic N) is 1. The van der Waals surface area contributed by atoms with Gasteiger partial charge in [-0.1, -0.05) is 37.1 Å². The quantitative estimate of drug-likeness (QED) is 0.834. The summed E-state index contributed by atoms with van der Waals surface area (Å²) in [4.78, 5) is 14.4. The Hall–Kier alpha value is -1.06. The van der Waals surface area contributed by atoms with E-state index in [1.165, 1.54) is 0 Å². The summed E-state index contributed by atoms with van der Waals surface area (Å²) in [6, 6.07) is 7.69. The van der Waals surface area contributed by atoms with Gasteiger partial charge in [-0.05, 0) is 38.0 Å². The fraction of sp³-hybridized carbons (Fsp3) is 0.588. The number of ether oxygens (including phenoxy) is 1. The van der Waals surface area contributed by atoms with E-state index in [2.05, 4.69) is 20.8 Å². The highest BCUT2D eigenvalue weighted by molar-refractivity contribution is 6.30. The van der Waals surface area contributed by atoms with Crippen molar-refractivity contribution in [3.63, 3.8) is 0 Å². The third-order valence-corrected chi connectivity index (χ3v) is 4.22. The summed E-state index contributed by atoms with van der Waals surface area (Å²) >= 11 is 6.05. The Balaban J connectivity index is 2.13. The number of carbonyl (C=O) groups excluding carboxylic acids is 1. The maximum Gasteiger partial charge on any atom is 0.223 e. The van der Waals surface area contributed by atoms with E-state index < -0.39 is 0 Å². The molecule has 1 aromatic carbocycles. The fourth-order valence-electron chi connectivity index (χ4n) is 2.66. The number of rotatable bonds is 4. The van der Waals surface area contributed by atoms with Gasteiger partial charge in [0, 0.05) is 11.4 Å². The maximum atomic E-state index is 12.5. The summed E-state index contributed by atoms with van der Waals surface area (Å²) in [7, 11) is 0. The first-order valence-electron chi connectivity index (χ1n) is 7.61. The monoisotopic (exact) mass is 309 g/mol. The molecule has 0 N–H and O–H groups in total. The van der Waals surface area contributed by atoms with Crippen LogP contribution in [0.15, 0.2) is 24.3 Å². The van der Waals surface area contributed by atoms with Gasteiger partial charge in [-0.3, -0.25) is 4.79 Å². The summed E-state index contributed by atoms with van der Waals surface area (Å²) in [5.41, 5.74) is 0.784. The Labute approximate surface area is 132 Å². The molecule has 0 saturated carbocycles. The van der Waals surface area contributed by atoms with Crippen LogP contribution in [-0.2, 0) is 9.53 Å². The zero-order valence-corrected chi connectivity index (χ0v) is 13.8. The number of unbranched alkanes of at least 4 members (excludes halogenated alkanes) is 1. The number of halogens is 1. The molecule has 21 heavy (non-hydrogen) atoms. The highest BCUT2D eigenvalue weighted by atomic mass is 35.5. The molecule has 1 aromatic rings. The van der Waals surface area contributed by atoms with Gasteiger partial charge in [0.15, 0.2) is 0 Å². The molecule has 4 heteroatoms. The van der Waals surface area contributed by atoms with Crippen LogP contribution in [0.4, 0.5) is 0 Å². The molecular weight excluding hydrogens is 286 g/mol. The van der Waals surface area contributed by atoms with E-state index in [-0.39, 0.29) is 17.6 Å². The third kappa shape index (κ3) is 3.98. The van der Waals surface area contributed by atoms with Crippen LogP contribution in [0.1, 0.15) is 51.7 Å². The minimum absolute atomic E-state index is 0.0951. The number of hydrogen-bond acceptors (Lipinski definition) is 2. The topological polar surface area (TPSA) is 29.5 Å². The van der Waals surface area contributed by atoms with E-state index in [0.717, 1.165) is 18.4 Å². The number of carbonyl (C=O) groups is 1. The predicted molar refractivity (Wildman–Crippen MR) is 85.5 cm³/mol. The van der Waals surface area contributed by atoms with Crippen LogP contribution in [0.5, 0.6) is 0 Å². The summed E-state index contributed by atoms with van der Waals surface area (Å²) in [6.45, 7) is 7.36. The van der Waals surface area contributed by atoms with Crippen molar-refractivity contribution in [3.8, 4) is 0 Å². The van der Waals surface area contributed by atoms with E-state index in [1.54, 1.807) is 0 Å². The normalized spacial score (nSPS) is 21.3. The zero-order chi connectivity index (χ0) is 15.5. The molecule has 0 aromatic heterocycles. The molecule has 1 saturated heterocycles. The second-order valence-corrected chi connectivity index (χ2v) is 6.71. The minimum Gasteiger partial charge on any atom is -0.369 e. The van der Waals surface area contributed by atoms with Gasteiger partial charge in [0.2, 0.25) is 5.91 Å². The smallest absolute Gasteiger partial charge is 0.223 e. The number of amides is 1. The van der Waals surface area contributed by atoms with E-state index in [1.807, 2.05) is 29.2 Å². The van der Waals surface area contributed by atoms with Crippen LogP contribution >= 0.6 is 11.6 Å². The Kier molecular flexibility index (Phi) is 5.28. The van der Waals surface area contributed by atoms with Crippen molar-refractivity contribution >= 4 is 17.5 Å². The second kappa shape index (κ2) is 6.80. The third-order valence-electron chi connectivity index (χ3n) is 3.98. The SMILES string of the molecule is CCCCC(=O)N1CC(c2cccc(Cl)c2)OCC1(C)C. The highest BCUT2D eigenvalue weighted by Gasteiger charge is 2.38. The maximum absolute atomic E-state index is 12.5. The lowest BCUT2D eigenvalue weighted by Gasteiger charge is -2.45. The summed E-state index contributed by atoms with van der Waals surface area (Å²) in [5, 5.41) is 0.699. The summed E-state index contributed by atoms with van der Waals surface area (Å²) in [6.07, 6.45) is 2.49. The largest absolute Gasteiger partial charge is 0.369 e. The van der Waals surface area contributed by atoms with Crippen molar-refractivity contribution < 1.29 is 9.53 Å². The van der Waals surface area contributed by atoms with Gasteiger partial charge in [0.05, 0.1) is 18.7 Å². The number of benzene rings is 1. The lowest BCUT2D eigenvalue weighted by Crippen LogP contribution is -2.56. The Morgan fingerprint density at radius 2 is 2.24 bits per heavy atom. The minimum atomic E-state index is -0.250. The van der Waals surface area contributed by atoms with Crippen LogP contribution in [0.3, 0.4) is 0 Å². The molecule has 0 radical (unpaired) electrons. The molecule has 1 fully saturated rings. The van der Waals surface area contributed by atoms with Gasteiger partial charge in [-0.2, -0.15) is 0 Å². The molecule has 1 heterocycles. The van der Waals surface area contributed by atoms with Crippen LogP contribution in [-0.4, -0.2) is 29.5 Å². The van der Waals surface area contributed by atoms with Crippen molar-refractivity contribution in [2.45, 2.75) is 51.7 Å². The molecule has 1 unspecified atom stereocenters. The van der Waals surface area contributed by atoms with Gasteiger partial charge < -0.3 is 9.64 Å². The van der Waals surface area contributed by atoms with Crippen LogP contribution in [0.25, 0.3) is 0 Å². The Bertz CT molecular complexity index is 501. The molecule has 0 aliphatic carbocycles. The lowest BCUT2D eigenvalue weighted by molar-refractivity contribution is -0.155. The van der Waals surface area contributed by atoms with Crippen molar-refractivity contribution in [1.82, 2.24) is 4.90 Å². The van der Waals surface area contributed by atoms with Gasteiger partial charge >= 0.3 is 0 Å². The van der Waals surface area contributed by atoms with Crippen LogP contribution in [0, 0.1) is 0 Å². The van der Waals surface area contributed by atoms with Crippen molar-refractivity contribution in [3.05, 3.63) is 34.9 Å². The Morgan fingerprint density at radius 3 is 2.90 bits per heavy atom. The average molecular weight is 310 g/mol. The average Bonchev–Trinajstić information content (AvgIpc) is 2.44. The van der Waals surface area contributed by atoms with Crippen molar-refractivity contribution in [2.24, 2.45) is 0 Å². The molecule has 116 valence electrons. The first kappa shape index (κ1) is 16.3. The van der Waals surface area contributed by atoms with Crippen LogP contribution in [0.2, 0.25) is 5.02 Å². The molecule has 1 aliphatic rings. The summed E-state index contributed by atoms with van der Waals surface area (Å²) in [5.74, 6) is 0.220. The van der Waals surface area contributed by atoms with E-state index in [0.29, 0.717) is 24.6 Å². The molecule has 2 rings (SSSR count).